The van der Waals surface area contributed by atoms with Crippen LogP contribution in [0, 0.1) is 0 Å². The van der Waals surface area contributed by atoms with E-state index in [1.165, 1.54) is 96.3 Å². The SMILES string of the molecule is CCCCCCCCCCCCSCC(COP(=O)(O)OCC[N+](C)(C)C)NC(=O)CCCCCCCCCC. The highest BCUT2D eigenvalue weighted by atomic mass is 32.2. The van der Waals surface area contributed by atoms with Crippen LogP contribution in [0.2, 0.25) is 0 Å². The van der Waals surface area contributed by atoms with E-state index < -0.39 is 7.82 Å². The number of likely N-dealkylation sites (N-methyl/N-ethyl adjacent to an activating group) is 1. The van der Waals surface area contributed by atoms with Crippen LogP contribution in [-0.4, -0.2) is 73.7 Å². The van der Waals surface area contributed by atoms with Crippen LogP contribution in [0.3, 0.4) is 0 Å². The molecule has 40 heavy (non-hydrogen) atoms. The van der Waals surface area contributed by atoms with Gasteiger partial charge in [0.2, 0.25) is 5.91 Å². The summed E-state index contributed by atoms with van der Waals surface area (Å²) in [7, 11) is 1.83. The van der Waals surface area contributed by atoms with Crippen molar-refractivity contribution in [3.8, 4) is 0 Å². The fourth-order valence-corrected chi connectivity index (χ4v) is 6.21. The first-order chi connectivity index (χ1) is 19.1. The highest BCUT2D eigenvalue weighted by molar-refractivity contribution is 7.99. The topological polar surface area (TPSA) is 84.9 Å². The van der Waals surface area contributed by atoms with E-state index in [4.69, 9.17) is 9.05 Å². The lowest BCUT2D eigenvalue weighted by Gasteiger charge is -2.24. The van der Waals surface area contributed by atoms with Gasteiger partial charge in [0.05, 0.1) is 33.8 Å². The van der Waals surface area contributed by atoms with Crippen molar-refractivity contribution in [1.29, 1.82) is 0 Å². The third-order valence-corrected chi connectivity index (χ3v) is 9.24. The zero-order chi connectivity index (χ0) is 30.0. The van der Waals surface area contributed by atoms with Gasteiger partial charge < -0.3 is 14.7 Å². The number of nitrogens with one attached hydrogen (secondary N) is 1. The minimum Gasteiger partial charge on any atom is -0.350 e. The zero-order valence-corrected chi connectivity index (χ0v) is 28.6. The van der Waals surface area contributed by atoms with E-state index in [0.717, 1.165) is 25.0 Å². The molecule has 0 fully saturated rings. The van der Waals surface area contributed by atoms with Crippen LogP contribution in [0.15, 0.2) is 0 Å². The van der Waals surface area contributed by atoms with Gasteiger partial charge in [-0.1, -0.05) is 117 Å². The summed E-state index contributed by atoms with van der Waals surface area (Å²) < 4.78 is 23.5. The van der Waals surface area contributed by atoms with Crippen molar-refractivity contribution in [3.05, 3.63) is 0 Å². The third kappa shape index (κ3) is 29.4. The molecule has 0 aromatic carbocycles. The number of carbonyl (C=O) groups excluding carboxylic acids is 1. The number of hydrogen-bond donors (Lipinski definition) is 2. The number of rotatable bonds is 30. The molecule has 0 bridgehead atoms. The molecule has 0 aliphatic rings. The maximum atomic E-state index is 12.6. The molecule has 0 saturated carbocycles. The number of phosphoric ester groups is 1. The summed E-state index contributed by atoms with van der Waals surface area (Å²) >= 11 is 1.78. The summed E-state index contributed by atoms with van der Waals surface area (Å²) in [5, 5.41) is 3.05. The highest BCUT2D eigenvalue weighted by Gasteiger charge is 2.25. The van der Waals surface area contributed by atoms with Crippen LogP contribution in [-0.2, 0) is 18.4 Å². The van der Waals surface area contributed by atoms with Crippen LogP contribution >= 0.6 is 19.6 Å². The van der Waals surface area contributed by atoms with Crippen molar-refractivity contribution >= 4 is 25.5 Å². The van der Waals surface area contributed by atoms with E-state index in [0.29, 0.717) is 23.2 Å². The van der Waals surface area contributed by atoms with Crippen molar-refractivity contribution in [2.45, 2.75) is 142 Å². The predicted molar refractivity (Wildman–Crippen MR) is 173 cm³/mol. The number of thioether (sulfide) groups is 1. The van der Waals surface area contributed by atoms with Crippen molar-refractivity contribution < 1.29 is 27.8 Å². The molecule has 1 amide bonds. The number of nitrogens with zero attached hydrogens (tertiary/aromatic N) is 1. The molecule has 0 spiro atoms. The van der Waals surface area contributed by atoms with Crippen LogP contribution < -0.4 is 5.32 Å². The zero-order valence-electron chi connectivity index (χ0n) is 26.9. The number of carbonyl (C=O) groups is 1. The lowest BCUT2D eigenvalue weighted by atomic mass is 10.1. The molecule has 0 aliphatic carbocycles. The molecule has 0 saturated heterocycles. The molecular formula is C31H66N2O5PS+. The van der Waals surface area contributed by atoms with Gasteiger partial charge in [0.15, 0.2) is 0 Å². The molecule has 2 N–H and O–H groups in total. The second-order valence-corrected chi connectivity index (χ2v) is 15.0. The van der Waals surface area contributed by atoms with Gasteiger partial charge in [-0.3, -0.25) is 13.8 Å². The Hall–Kier alpha value is -0.110. The number of quaternary nitrogens is 1. The highest BCUT2D eigenvalue weighted by Crippen LogP contribution is 2.43. The van der Waals surface area contributed by atoms with E-state index in [1.807, 2.05) is 21.1 Å². The average molecular weight is 610 g/mol. The van der Waals surface area contributed by atoms with Crippen molar-refractivity contribution in [1.82, 2.24) is 5.32 Å². The molecule has 240 valence electrons. The lowest BCUT2D eigenvalue weighted by Crippen LogP contribution is -2.40. The normalized spacial score (nSPS) is 14.2. The number of phosphoric acid groups is 1. The summed E-state index contributed by atoms with van der Waals surface area (Å²) in [4.78, 5) is 22.7. The van der Waals surface area contributed by atoms with E-state index in [1.54, 1.807) is 11.8 Å². The summed E-state index contributed by atoms with van der Waals surface area (Å²) in [6.07, 6.45) is 23.2. The standard InChI is InChI=1S/C31H65N2O5PS/c1-6-8-10-12-14-16-17-19-21-23-27-40-29-30(28-38-39(35,36)37-26-25-33(3,4)5)32-31(34)24-22-20-18-15-13-11-9-7-2/h30H,6-29H2,1-5H3,(H-,32,34,35,36)/p+1. The Morgan fingerprint density at radius 1 is 0.775 bits per heavy atom. The number of hydrogen-bond acceptors (Lipinski definition) is 5. The predicted octanol–water partition coefficient (Wildman–Crippen LogP) is 8.50. The molecule has 7 nitrogen and oxygen atoms in total. The van der Waals surface area contributed by atoms with Crippen molar-refractivity contribution in [2.24, 2.45) is 0 Å². The van der Waals surface area contributed by atoms with E-state index in [9.17, 15) is 14.3 Å². The van der Waals surface area contributed by atoms with Gasteiger partial charge >= 0.3 is 7.82 Å². The lowest BCUT2D eigenvalue weighted by molar-refractivity contribution is -0.870. The Kier molecular flexibility index (Phi) is 26.4. The first kappa shape index (κ1) is 39.9. The van der Waals surface area contributed by atoms with Crippen molar-refractivity contribution in [2.75, 3.05) is 52.4 Å². The van der Waals surface area contributed by atoms with Crippen LogP contribution in [0.25, 0.3) is 0 Å². The van der Waals surface area contributed by atoms with Gasteiger partial charge in [-0.2, -0.15) is 11.8 Å². The van der Waals surface area contributed by atoms with Gasteiger partial charge in [-0.15, -0.1) is 0 Å². The summed E-state index contributed by atoms with van der Waals surface area (Å²) in [6.45, 7) is 5.20. The van der Waals surface area contributed by atoms with Crippen molar-refractivity contribution in [3.63, 3.8) is 0 Å². The molecule has 2 atom stereocenters. The first-order valence-electron chi connectivity index (χ1n) is 16.4. The first-order valence-corrected chi connectivity index (χ1v) is 19.0. The summed E-state index contributed by atoms with van der Waals surface area (Å²) in [5.74, 6) is 1.69. The molecule has 2 unspecified atom stereocenters. The largest absolute Gasteiger partial charge is 0.472 e. The second-order valence-electron chi connectivity index (χ2n) is 12.4. The Balaban J connectivity index is 4.35. The van der Waals surface area contributed by atoms with Crippen LogP contribution in [0.4, 0.5) is 0 Å². The molecule has 0 radical (unpaired) electrons. The van der Waals surface area contributed by atoms with Gasteiger partial charge in [0.25, 0.3) is 0 Å². The molecule has 0 aromatic rings. The molecular weight excluding hydrogens is 543 g/mol. The number of amides is 1. The quantitative estimate of drug-likeness (QED) is 0.0483. The smallest absolute Gasteiger partial charge is 0.350 e. The van der Waals surface area contributed by atoms with Gasteiger partial charge in [-0.25, -0.2) is 4.57 Å². The van der Waals surface area contributed by atoms with E-state index in [2.05, 4.69) is 19.2 Å². The summed E-state index contributed by atoms with van der Waals surface area (Å²) in [5.41, 5.74) is 0. The Morgan fingerprint density at radius 2 is 1.25 bits per heavy atom. The van der Waals surface area contributed by atoms with E-state index >= 15 is 0 Å². The molecule has 0 aromatic heterocycles. The Bertz CT molecular complexity index is 633. The summed E-state index contributed by atoms with van der Waals surface area (Å²) in [6, 6.07) is -0.308. The fraction of sp³-hybridized carbons (Fsp3) is 0.968. The monoisotopic (exact) mass is 609 g/mol. The van der Waals surface area contributed by atoms with Gasteiger partial charge in [0.1, 0.15) is 13.2 Å². The fourth-order valence-electron chi connectivity index (χ4n) is 4.42. The molecule has 0 heterocycles. The molecule has 0 rings (SSSR count). The van der Waals surface area contributed by atoms with Gasteiger partial charge in [-0.05, 0) is 18.6 Å². The average Bonchev–Trinajstić information content (AvgIpc) is 2.88. The third-order valence-electron chi connectivity index (χ3n) is 7.04. The Morgan fingerprint density at radius 3 is 1.75 bits per heavy atom. The Labute approximate surface area is 252 Å². The minimum atomic E-state index is -4.16. The van der Waals surface area contributed by atoms with E-state index in [-0.39, 0.29) is 25.2 Å². The maximum absolute atomic E-state index is 12.6. The van der Waals surface area contributed by atoms with Crippen LogP contribution in [0.5, 0.6) is 0 Å². The van der Waals surface area contributed by atoms with Crippen LogP contribution in [0.1, 0.15) is 136 Å². The minimum absolute atomic E-state index is 0.00200. The molecule has 9 heteroatoms. The van der Waals surface area contributed by atoms with Gasteiger partial charge in [0, 0.05) is 12.2 Å². The number of unbranched alkanes of at least 4 members (excludes halogenated alkanes) is 16. The maximum Gasteiger partial charge on any atom is 0.472 e. The second kappa shape index (κ2) is 26.5. The molecule has 0 aliphatic heterocycles.